The van der Waals surface area contributed by atoms with Crippen LogP contribution in [0.25, 0.3) is 5.82 Å². The van der Waals surface area contributed by atoms with Gasteiger partial charge in [0, 0.05) is 29.4 Å². The van der Waals surface area contributed by atoms with E-state index in [1.807, 2.05) is 36.6 Å². The van der Waals surface area contributed by atoms with Crippen LogP contribution in [0.5, 0.6) is 0 Å². The molecular formula is C24H24N4O4. The van der Waals surface area contributed by atoms with Crippen molar-refractivity contribution in [1.82, 2.24) is 19.9 Å². The Kier molecular flexibility index (Phi) is 4.54. The molecular weight excluding hydrogens is 408 g/mol. The number of hydrogen-bond donors (Lipinski definition) is 1. The molecule has 5 rings (SSSR count). The first kappa shape index (κ1) is 20.2. The number of carbonyl (C=O) groups excluding carboxylic acids is 3. The van der Waals surface area contributed by atoms with Crippen molar-refractivity contribution in [3.63, 3.8) is 0 Å². The Morgan fingerprint density at radius 1 is 1.16 bits per heavy atom. The summed E-state index contributed by atoms with van der Waals surface area (Å²) in [5.74, 6) is 0.637. The van der Waals surface area contributed by atoms with Gasteiger partial charge in [-0.1, -0.05) is 29.4 Å². The minimum Gasteiger partial charge on any atom is -0.360 e. The van der Waals surface area contributed by atoms with Gasteiger partial charge >= 0.3 is 6.03 Å². The number of nitrogens with one attached hydrogen (secondary N) is 1. The molecule has 3 aromatic rings. The number of imide groups is 1. The Hall–Kier alpha value is -3.68. The summed E-state index contributed by atoms with van der Waals surface area (Å²) in [6.45, 7) is 5.19. The second-order valence-corrected chi connectivity index (χ2v) is 8.69. The molecule has 8 heteroatoms. The summed E-state index contributed by atoms with van der Waals surface area (Å²) in [5, 5.41) is 6.92. The topological polar surface area (TPSA) is 97.4 Å². The number of fused-ring (bicyclic) bond motifs is 1. The Bertz CT molecular complexity index is 1270. The zero-order valence-corrected chi connectivity index (χ0v) is 18.3. The predicted octanol–water partition coefficient (Wildman–Crippen LogP) is 3.05. The molecule has 2 aromatic heterocycles. The molecule has 1 aliphatic heterocycles. The van der Waals surface area contributed by atoms with Crippen molar-refractivity contribution >= 4 is 17.7 Å². The van der Waals surface area contributed by atoms with Crippen LogP contribution in [-0.2, 0) is 17.6 Å². The maximum atomic E-state index is 13.3. The number of carbonyl (C=O) groups is 3. The third kappa shape index (κ3) is 3.05. The fraction of sp³-hybridized carbons (Fsp3) is 0.333. The highest BCUT2D eigenvalue weighted by atomic mass is 16.5. The van der Waals surface area contributed by atoms with Gasteiger partial charge in [-0.25, -0.2) is 4.79 Å². The molecule has 1 atom stereocenters. The van der Waals surface area contributed by atoms with Gasteiger partial charge in [0.25, 0.3) is 5.91 Å². The lowest BCUT2D eigenvalue weighted by atomic mass is 9.78. The van der Waals surface area contributed by atoms with Crippen LogP contribution in [-0.4, -0.2) is 44.4 Å². The second-order valence-electron chi connectivity index (χ2n) is 8.69. The largest absolute Gasteiger partial charge is 0.360 e. The number of benzene rings is 1. The van der Waals surface area contributed by atoms with Gasteiger partial charge in [-0.2, -0.15) is 0 Å². The summed E-state index contributed by atoms with van der Waals surface area (Å²) in [6.07, 6.45) is 1.68. The standard InChI is InChI=1S/C24H24N4O4/c1-14-10-19(16(3)28(14)21-11-15(2)32-26-21)20(29)13-27-22(30)24(25-23(27)31)9-8-17-6-4-5-7-18(17)12-24/h4-7,10-11H,8-9,12-13H2,1-3H3,(H,25,31). The first-order valence-corrected chi connectivity index (χ1v) is 10.7. The lowest BCUT2D eigenvalue weighted by Crippen LogP contribution is -2.51. The maximum Gasteiger partial charge on any atom is 0.325 e. The Balaban J connectivity index is 1.39. The van der Waals surface area contributed by atoms with Crippen LogP contribution in [0, 0.1) is 20.8 Å². The van der Waals surface area contributed by atoms with E-state index in [9.17, 15) is 14.4 Å². The average molecular weight is 432 g/mol. The summed E-state index contributed by atoms with van der Waals surface area (Å²) in [7, 11) is 0. The third-order valence-corrected chi connectivity index (χ3v) is 6.56. The molecule has 1 aromatic carbocycles. The van der Waals surface area contributed by atoms with Crippen LogP contribution in [0.2, 0.25) is 0 Å². The van der Waals surface area contributed by atoms with E-state index in [-0.39, 0.29) is 18.2 Å². The summed E-state index contributed by atoms with van der Waals surface area (Å²) in [5.41, 5.74) is 3.25. The molecule has 1 spiro atoms. The molecule has 3 heterocycles. The normalized spacial score (nSPS) is 20.0. The summed E-state index contributed by atoms with van der Waals surface area (Å²) >= 11 is 0. The fourth-order valence-corrected chi connectivity index (χ4v) is 4.93. The number of aryl methyl sites for hydroxylation is 3. The number of amides is 3. The van der Waals surface area contributed by atoms with Crippen molar-refractivity contribution in [3.8, 4) is 5.82 Å². The number of rotatable bonds is 4. The first-order valence-electron chi connectivity index (χ1n) is 10.7. The molecule has 0 bridgehead atoms. The highest BCUT2D eigenvalue weighted by Gasteiger charge is 2.52. The minimum absolute atomic E-state index is 0.290. The van der Waals surface area contributed by atoms with E-state index in [4.69, 9.17) is 4.52 Å². The molecule has 0 saturated carbocycles. The molecule has 1 unspecified atom stereocenters. The summed E-state index contributed by atoms with van der Waals surface area (Å²) in [6, 6.07) is 11.0. The molecule has 1 aliphatic carbocycles. The van der Waals surface area contributed by atoms with Crippen LogP contribution < -0.4 is 5.32 Å². The fourth-order valence-electron chi connectivity index (χ4n) is 4.93. The maximum absolute atomic E-state index is 13.3. The van der Waals surface area contributed by atoms with Gasteiger partial charge in [0.2, 0.25) is 0 Å². The third-order valence-electron chi connectivity index (χ3n) is 6.56. The van der Waals surface area contributed by atoms with Crippen molar-refractivity contribution in [2.75, 3.05) is 6.54 Å². The van der Waals surface area contributed by atoms with Crippen LogP contribution in [0.15, 0.2) is 40.9 Å². The van der Waals surface area contributed by atoms with E-state index in [1.54, 1.807) is 19.1 Å². The smallest absolute Gasteiger partial charge is 0.325 e. The molecule has 1 N–H and O–H groups in total. The molecule has 1 saturated heterocycles. The van der Waals surface area contributed by atoms with Crippen LogP contribution in [0.3, 0.4) is 0 Å². The van der Waals surface area contributed by atoms with Crippen molar-refractivity contribution in [3.05, 3.63) is 70.2 Å². The van der Waals surface area contributed by atoms with E-state index >= 15 is 0 Å². The summed E-state index contributed by atoms with van der Waals surface area (Å²) in [4.78, 5) is 40.3. The van der Waals surface area contributed by atoms with Gasteiger partial charge in [-0.05, 0) is 50.8 Å². The Labute approximate surface area is 185 Å². The van der Waals surface area contributed by atoms with Crippen LogP contribution >= 0.6 is 0 Å². The second kappa shape index (κ2) is 7.19. The molecule has 32 heavy (non-hydrogen) atoms. The SMILES string of the molecule is Cc1cc(-n2c(C)cc(C(=O)CN3C(=O)NC4(CCc5ccccc5C4)C3=O)c2C)no1. The van der Waals surface area contributed by atoms with E-state index in [1.165, 1.54) is 5.56 Å². The highest BCUT2D eigenvalue weighted by molar-refractivity contribution is 6.11. The van der Waals surface area contributed by atoms with E-state index in [0.29, 0.717) is 42.1 Å². The molecule has 0 radical (unpaired) electrons. The molecule has 2 aliphatic rings. The van der Waals surface area contributed by atoms with Gasteiger partial charge < -0.3 is 9.84 Å². The van der Waals surface area contributed by atoms with Crippen molar-refractivity contribution in [1.29, 1.82) is 0 Å². The number of Topliss-reactive ketones (excluding diaryl/α,β-unsaturated/α-hetero) is 1. The zero-order chi connectivity index (χ0) is 22.6. The number of hydrogen-bond acceptors (Lipinski definition) is 5. The minimum atomic E-state index is -0.971. The number of ketones is 1. The lowest BCUT2D eigenvalue weighted by molar-refractivity contribution is -0.131. The molecule has 164 valence electrons. The van der Waals surface area contributed by atoms with Gasteiger partial charge in [0.15, 0.2) is 11.6 Å². The van der Waals surface area contributed by atoms with E-state index < -0.39 is 11.6 Å². The average Bonchev–Trinajstić information content (AvgIpc) is 3.38. The first-order chi connectivity index (χ1) is 15.3. The zero-order valence-electron chi connectivity index (χ0n) is 18.3. The number of aromatic nitrogens is 2. The van der Waals surface area contributed by atoms with Gasteiger partial charge in [0.1, 0.15) is 11.3 Å². The van der Waals surface area contributed by atoms with Gasteiger partial charge in [0.05, 0.1) is 6.54 Å². The lowest BCUT2D eigenvalue weighted by Gasteiger charge is -2.32. The van der Waals surface area contributed by atoms with Gasteiger partial charge in [-0.3, -0.25) is 19.1 Å². The summed E-state index contributed by atoms with van der Waals surface area (Å²) < 4.78 is 6.99. The Morgan fingerprint density at radius 3 is 2.62 bits per heavy atom. The van der Waals surface area contributed by atoms with Crippen molar-refractivity contribution in [2.24, 2.45) is 0 Å². The monoisotopic (exact) mass is 432 g/mol. The number of urea groups is 1. The number of nitrogens with zero attached hydrogens (tertiary/aromatic N) is 3. The molecule has 3 amide bonds. The van der Waals surface area contributed by atoms with Crippen molar-refractivity contribution < 1.29 is 18.9 Å². The van der Waals surface area contributed by atoms with Crippen LogP contribution in [0.1, 0.15) is 45.1 Å². The Morgan fingerprint density at radius 2 is 1.91 bits per heavy atom. The van der Waals surface area contributed by atoms with E-state index in [2.05, 4.69) is 16.5 Å². The van der Waals surface area contributed by atoms with E-state index in [0.717, 1.165) is 16.2 Å². The van der Waals surface area contributed by atoms with Crippen LogP contribution in [0.4, 0.5) is 4.79 Å². The van der Waals surface area contributed by atoms with Gasteiger partial charge in [-0.15, -0.1) is 0 Å². The molecule has 8 nitrogen and oxygen atoms in total. The molecule has 1 fully saturated rings. The van der Waals surface area contributed by atoms with Crippen molar-refractivity contribution in [2.45, 2.75) is 45.6 Å². The highest BCUT2D eigenvalue weighted by Crippen LogP contribution is 2.34. The quantitative estimate of drug-likeness (QED) is 0.505. The predicted molar refractivity (Wildman–Crippen MR) is 116 cm³/mol.